The van der Waals surface area contributed by atoms with E-state index in [9.17, 15) is 4.79 Å². The van der Waals surface area contributed by atoms with Crippen LogP contribution in [0.2, 0.25) is 0 Å². The fourth-order valence-corrected chi connectivity index (χ4v) is 4.79. The van der Waals surface area contributed by atoms with Gasteiger partial charge in [0.1, 0.15) is 5.52 Å². The van der Waals surface area contributed by atoms with Crippen LogP contribution in [0.1, 0.15) is 54.7 Å². The second-order valence-electron chi connectivity index (χ2n) is 7.33. The fraction of sp³-hybridized carbons (Fsp3) is 0.632. The van der Waals surface area contributed by atoms with Gasteiger partial charge in [-0.3, -0.25) is 4.79 Å². The van der Waals surface area contributed by atoms with Crippen molar-refractivity contribution in [2.45, 2.75) is 51.5 Å². The molecule has 4 rings (SSSR count). The molecule has 1 aliphatic carbocycles. The van der Waals surface area contributed by atoms with Gasteiger partial charge in [0.15, 0.2) is 11.5 Å². The minimum atomic E-state index is -0.0570. The Morgan fingerprint density at radius 3 is 2.65 bits per heavy atom. The topological polar surface area (TPSA) is 62.5 Å². The molecule has 1 amide bonds. The highest BCUT2D eigenvalue weighted by Crippen LogP contribution is 2.24. The zero-order chi connectivity index (χ0) is 17.9. The largest absolute Gasteiger partial charge is 0.353 e. The molecule has 140 valence electrons. The quantitative estimate of drug-likeness (QED) is 0.838. The lowest BCUT2D eigenvalue weighted by Gasteiger charge is -2.28. The maximum atomic E-state index is 12.7. The van der Waals surface area contributed by atoms with Crippen molar-refractivity contribution in [3.63, 3.8) is 0 Å². The van der Waals surface area contributed by atoms with Crippen LogP contribution in [0.3, 0.4) is 0 Å². The summed E-state index contributed by atoms with van der Waals surface area (Å²) in [5.74, 6) is 3.13. The third-order valence-electron chi connectivity index (χ3n) is 5.29. The van der Waals surface area contributed by atoms with E-state index in [1.165, 1.54) is 25.7 Å². The van der Waals surface area contributed by atoms with Gasteiger partial charge < -0.3 is 10.2 Å². The molecule has 0 aromatic carbocycles. The van der Waals surface area contributed by atoms with Gasteiger partial charge in [-0.2, -0.15) is 16.9 Å². The van der Waals surface area contributed by atoms with E-state index in [4.69, 9.17) is 4.98 Å². The second kappa shape index (κ2) is 7.86. The molecule has 1 saturated carbocycles. The van der Waals surface area contributed by atoms with E-state index in [2.05, 4.69) is 15.3 Å². The molecule has 6 nitrogen and oxygen atoms in total. The number of hydrogen-bond acceptors (Lipinski definition) is 5. The summed E-state index contributed by atoms with van der Waals surface area (Å²) in [4.78, 5) is 19.8. The van der Waals surface area contributed by atoms with Gasteiger partial charge in [-0.15, -0.1) is 0 Å². The normalized spacial score (nSPS) is 19.5. The van der Waals surface area contributed by atoms with Gasteiger partial charge >= 0.3 is 0 Å². The molecule has 26 heavy (non-hydrogen) atoms. The summed E-state index contributed by atoms with van der Waals surface area (Å²) in [5, 5.41) is 7.75. The predicted octanol–water partition coefficient (Wildman–Crippen LogP) is 3.04. The minimum Gasteiger partial charge on any atom is -0.353 e. The molecule has 1 N–H and O–H groups in total. The van der Waals surface area contributed by atoms with Gasteiger partial charge in [-0.1, -0.05) is 25.7 Å². The van der Waals surface area contributed by atoms with Crippen LogP contribution < -0.4 is 10.2 Å². The van der Waals surface area contributed by atoms with E-state index >= 15 is 0 Å². The molecule has 0 atom stereocenters. The Hall–Kier alpha value is -1.76. The Balaban J connectivity index is 1.59. The van der Waals surface area contributed by atoms with E-state index in [0.29, 0.717) is 5.69 Å². The van der Waals surface area contributed by atoms with Crippen LogP contribution in [0.15, 0.2) is 12.3 Å². The highest BCUT2D eigenvalue weighted by atomic mass is 32.2. The first-order valence-electron chi connectivity index (χ1n) is 9.71. The smallest absolute Gasteiger partial charge is 0.272 e. The van der Waals surface area contributed by atoms with Gasteiger partial charge in [-0.25, -0.2) is 9.50 Å². The number of anilines is 1. The zero-order valence-electron chi connectivity index (χ0n) is 15.4. The molecule has 0 bridgehead atoms. The molecule has 0 radical (unpaired) electrons. The molecule has 3 heterocycles. The molecular weight excluding hydrogens is 346 g/mol. The van der Waals surface area contributed by atoms with Crippen LogP contribution in [-0.2, 0) is 0 Å². The Morgan fingerprint density at radius 1 is 1.19 bits per heavy atom. The van der Waals surface area contributed by atoms with Crippen molar-refractivity contribution in [1.29, 1.82) is 0 Å². The lowest BCUT2D eigenvalue weighted by molar-refractivity contribution is 0.0928. The monoisotopic (exact) mass is 373 g/mol. The molecule has 7 heteroatoms. The summed E-state index contributed by atoms with van der Waals surface area (Å²) in [6.07, 6.45) is 9.03. The number of thioether (sulfide) groups is 1. The SMILES string of the molecule is Cc1cn2nc(C(=O)NC3CCCCCC3)cc2c(N2CCSCC2)n1. The van der Waals surface area contributed by atoms with Gasteiger partial charge in [0, 0.05) is 36.7 Å². The van der Waals surface area contributed by atoms with E-state index < -0.39 is 0 Å². The molecule has 2 aliphatic rings. The van der Waals surface area contributed by atoms with Crippen LogP contribution in [-0.4, -0.2) is 51.1 Å². The Morgan fingerprint density at radius 2 is 1.92 bits per heavy atom. The average molecular weight is 374 g/mol. The lowest BCUT2D eigenvalue weighted by atomic mass is 10.1. The van der Waals surface area contributed by atoms with Gasteiger partial charge in [0.05, 0.1) is 11.9 Å². The third kappa shape index (κ3) is 3.82. The molecule has 2 aromatic rings. The zero-order valence-corrected chi connectivity index (χ0v) is 16.2. The third-order valence-corrected chi connectivity index (χ3v) is 6.23. The number of aryl methyl sites for hydroxylation is 1. The highest BCUT2D eigenvalue weighted by Gasteiger charge is 2.21. The van der Waals surface area contributed by atoms with Crippen molar-refractivity contribution in [1.82, 2.24) is 19.9 Å². The summed E-state index contributed by atoms with van der Waals surface area (Å²) >= 11 is 1.98. The van der Waals surface area contributed by atoms with Crippen molar-refractivity contribution in [3.05, 3.63) is 23.7 Å². The van der Waals surface area contributed by atoms with Crippen LogP contribution in [0.5, 0.6) is 0 Å². The summed E-state index contributed by atoms with van der Waals surface area (Å²) in [5.41, 5.74) is 2.34. The summed E-state index contributed by atoms with van der Waals surface area (Å²) in [6, 6.07) is 2.18. The van der Waals surface area contributed by atoms with Crippen LogP contribution in [0.25, 0.3) is 5.52 Å². The Bertz CT molecular complexity index is 776. The first-order chi connectivity index (χ1) is 12.7. The fourth-order valence-electron chi connectivity index (χ4n) is 3.89. The van der Waals surface area contributed by atoms with E-state index in [1.54, 1.807) is 0 Å². The number of rotatable bonds is 3. The average Bonchev–Trinajstić information content (AvgIpc) is 2.91. The number of nitrogens with zero attached hydrogens (tertiary/aromatic N) is 4. The first kappa shape index (κ1) is 17.6. The van der Waals surface area contributed by atoms with E-state index in [0.717, 1.165) is 54.5 Å². The highest BCUT2D eigenvalue weighted by molar-refractivity contribution is 7.99. The molecule has 1 saturated heterocycles. The van der Waals surface area contributed by atoms with E-state index in [1.807, 2.05) is 35.5 Å². The number of carbonyl (C=O) groups excluding carboxylic acids is 1. The number of nitrogens with one attached hydrogen (secondary N) is 1. The molecule has 2 aromatic heterocycles. The molecule has 0 unspecified atom stereocenters. The molecule has 2 fully saturated rings. The summed E-state index contributed by atoms with van der Waals surface area (Å²) in [6.45, 7) is 3.96. The van der Waals surface area contributed by atoms with Gasteiger partial charge in [-0.05, 0) is 19.8 Å². The predicted molar refractivity (Wildman–Crippen MR) is 106 cm³/mol. The van der Waals surface area contributed by atoms with E-state index in [-0.39, 0.29) is 11.9 Å². The minimum absolute atomic E-state index is 0.0570. The number of aromatic nitrogens is 3. The maximum absolute atomic E-state index is 12.7. The summed E-state index contributed by atoms with van der Waals surface area (Å²) < 4.78 is 1.82. The van der Waals surface area contributed by atoms with Crippen LogP contribution in [0.4, 0.5) is 5.82 Å². The molecular formula is C19H27N5OS. The molecule has 0 spiro atoms. The number of carbonyl (C=O) groups is 1. The van der Waals surface area contributed by atoms with Crippen LogP contribution in [0, 0.1) is 6.92 Å². The standard InChI is InChI=1S/C19H27N5OS/c1-14-13-24-17(18(20-14)23-8-10-26-11-9-23)12-16(22-24)19(25)21-15-6-4-2-3-5-7-15/h12-13,15H,2-11H2,1H3,(H,21,25). The molecule has 1 aliphatic heterocycles. The number of amides is 1. The van der Waals surface area contributed by atoms with Crippen molar-refractivity contribution in [2.75, 3.05) is 29.5 Å². The van der Waals surface area contributed by atoms with Crippen molar-refractivity contribution < 1.29 is 4.79 Å². The van der Waals surface area contributed by atoms with Crippen LogP contribution >= 0.6 is 11.8 Å². The van der Waals surface area contributed by atoms with Crippen molar-refractivity contribution in [2.24, 2.45) is 0 Å². The first-order valence-corrected chi connectivity index (χ1v) is 10.9. The van der Waals surface area contributed by atoms with Gasteiger partial charge in [0.25, 0.3) is 5.91 Å². The second-order valence-corrected chi connectivity index (χ2v) is 8.55. The summed E-state index contributed by atoms with van der Waals surface area (Å²) in [7, 11) is 0. The Labute approximate surface area is 158 Å². The Kier molecular flexibility index (Phi) is 5.33. The number of hydrogen-bond donors (Lipinski definition) is 1. The van der Waals surface area contributed by atoms with Crippen molar-refractivity contribution >= 4 is 29.0 Å². The maximum Gasteiger partial charge on any atom is 0.272 e. The number of fused-ring (bicyclic) bond motifs is 1. The lowest BCUT2D eigenvalue weighted by Crippen LogP contribution is -2.34. The van der Waals surface area contributed by atoms with Crippen molar-refractivity contribution in [3.8, 4) is 0 Å². The van der Waals surface area contributed by atoms with Gasteiger partial charge in [0.2, 0.25) is 0 Å².